The van der Waals surface area contributed by atoms with Crippen LogP contribution in [-0.2, 0) is 9.57 Å². The Kier molecular flexibility index (Phi) is 1.19. The smallest absolute Gasteiger partial charge is 0.158 e. The summed E-state index contributed by atoms with van der Waals surface area (Å²) in [6, 6.07) is 0.372. The lowest BCUT2D eigenvalue weighted by atomic mass is 10.2. The monoisotopic (exact) mass is 130 g/mol. The second kappa shape index (κ2) is 1.91. The predicted octanol–water partition coefficient (Wildman–Crippen LogP) is -1.17. The van der Waals surface area contributed by atoms with Gasteiger partial charge in [-0.05, 0) is 7.05 Å². The molecule has 2 saturated heterocycles. The third kappa shape index (κ3) is 0.840. The molecule has 2 aliphatic heterocycles. The molecule has 0 radical (unpaired) electrons. The molecule has 0 amide bonds. The van der Waals surface area contributed by atoms with Crippen LogP contribution in [0.5, 0.6) is 0 Å². The molecule has 2 rings (SSSR count). The summed E-state index contributed by atoms with van der Waals surface area (Å²) in [6.07, 6.45) is 0.486. The van der Waals surface area contributed by atoms with Gasteiger partial charge in [0.15, 0.2) is 6.23 Å². The molecular formula is C5H10N2O2. The van der Waals surface area contributed by atoms with Crippen LogP contribution < -0.4 is 10.8 Å². The highest BCUT2D eigenvalue weighted by Crippen LogP contribution is 2.25. The highest BCUT2D eigenvalue weighted by atomic mass is 16.7. The van der Waals surface area contributed by atoms with Gasteiger partial charge in [0.05, 0.1) is 12.6 Å². The third-order valence-corrected chi connectivity index (χ3v) is 1.76. The van der Waals surface area contributed by atoms with E-state index in [1.165, 1.54) is 0 Å². The summed E-state index contributed by atoms with van der Waals surface area (Å²) < 4.78 is 5.18. The first kappa shape index (κ1) is 5.61. The number of ether oxygens (including phenoxy) is 1. The fraction of sp³-hybridized carbons (Fsp3) is 1.00. The van der Waals surface area contributed by atoms with Gasteiger partial charge in [0.1, 0.15) is 6.10 Å². The Labute approximate surface area is 53.5 Å². The average Bonchev–Trinajstić information content (AvgIpc) is 2.64. The SMILES string of the molecule is CNC1CONC2OC12. The molecule has 0 aromatic heterocycles. The maximum Gasteiger partial charge on any atom is 0.158 e. The van der Waals surface area contributed by atoms with Crippen LogP contribution in [0.25, 0.3) is 0 Å². The number of likely N-dealkylation sites (N-methyl/N-ethyl adjacent to an activating group) is 1. The highest BCUT2D eigenvalue weighted by Gasteiger charge is 2.47. The van der Waals surface area contributed by atoms with Crippen LogP contribution in [-0.4, -0.2) is 32.0 Å². The molecule has 0 aromatic carbocycles. The molecule has 0 saturated carbocycles. The average molecular weight is 130 g/mol. The van der Waals surface area contributed by atoms with Gasteiger partial charge in [-0.3, -0.25) is 4.84 Å². The first-order valence-electron chi connectivity index (χ1n) is 3.12. The number of hydrogen-bond acceptors (Lipinski definition) is 4. The quantitative estimate of drug-likeness (QED) is 0.439. The van der Waals surface area contributed by atoms with Crippen LogP contribution >= 0.6 is 0 Å². The minimum Gasteiger partial charge on any atom is -0.349 e. The van der Waals surface area contributed by atoms with E-state index in [9.17, 15) is 0 Å². The van der Waals surface area contributed by atoms with Gasteiger partial charge < -0.3 is 10.1 Å². The zero-order valence-corrected chi connectivity index (χ0v) is 5.26. The Morgan fingerprint density at radius 1 is 1.67 bits per heavy atom. The van der Waals surface area contributed by atoms with E-state index < -0.39 is 0 Å². The maximum absolute atomic E-state index is 5.18. The molecule has 0 aliphatic carbocycles. The number of fused-ring (bicyclic) bond motifs is 1. The fourth-order valence-electron chi connectivity index (χ4n) is 1.09. The van der Waals surface area contributed by atoms with Crippen molar-refractivity contribution in [2.45, 2.75) is 18.4 Å². The molecule has 9 heavy (non-hydrogen) atoms. The number of hydrogen-bond donors (Lipinski definition) is 2. The van der Waals surface area contributed by atoms with E-state index in [1.807, 2.05) is 7.05 Å². The zero-order chi connectivity index (χ0) is 6.27. The Bertz CT molecular complexity index is 120. The van der Waals surface area contributed by atoms with Gasteiger partial charge in [-0.2, -0.15) is 5.48 Å². The van der Waals surface area contributed by atoms with E-state index in [0.29, 0.717) is 18.8 Å². The van der Waals surface area contributed by atoms with Crippen LogP contribution in [0.1, 0.15) is 0 Å². The highest BCUT2D eigenvalue weighted by molar-refractivity contribution is 4.93. The van der Waals surface area contributed by atoms with Crippen molar-refractivity contribution in [1.82, 2.24) is 10.8 Å². The molecule has 4 nitrogen and oxygen atoms in total. The summed E-state index contributed by atoms with van der Waals surface area (Å²) in [5.74, 6) is 0. The van der Waals surface area contributed by atoms with E-state index in [2.05, 4.69) is 10.8 Å². The number of rotatable bonds is 1. The third-order valence-electron chi connectivity index (χ3n) is 1.76. The molecule has 4 heteroatoms. The topological polar surface area (TPSA) is 45.8 Å². The minimum atomic E-state index is 0.149. The van der Waals surface area contributed by atoms with Crippen molar-refractivity contribution in [3.8, 4) is 0 Å². The lowest BCUT2D eigenvalue weighted by Gasteiger charge is -2.17. The van der Waals surface area contributed by atoms with Gasteiger partial charge in [0.2, 0.25) is 0 Å². The number of epoxide rings is 1. The van der Waals surface area contributed by atoms with Crippen molar-refractivity contribution in [2.24, 2.45) is 0 Å². The Morgan fingerprint density at radius 2 is 2.56 bits per heavy atom. The molecule has 52 valence electrons. The molecular weight excluding hydrogens is 120 g/mol. The number of nitrogens with one attached hydrogen (secondary N) is 2. The van der Waals surface area contributed by atoms with E-state index in [1.54, 1.807) is 0 Å². The van der Waals surface area contributed by atoms with Gasteiger partial charge in [0, 0.05) is 0 Å². The minimum absolute atomic E-state index is 0.149. The molecule has 0 spiro atoms. The van der Waals surface area contributed by atoms with Gasteiger partial charge in [-0.1, -0.05) is 0 Å². The van der Waals surface area contributed by atoms with Crippen molar-refractivity contribution < 1.29 is 9.57 Å². The lowest BCUT2D eigenvalue weighted by Crippen LogP contribution is -2.44. The standard InChI is InChI=1S/C5H10N2O2/c1-6-3-2-8-7-5-4(3)9-5/h3-7H,2H2,1H3. The lowest BCUT2D eigenvalue weighted by molar-refractivity contribution is -0.00405. The van der Waals surface area contributed by atoms with E-state index in [-0.39, 0.29) is 6.23 Å². The second-order valence-electron chi connectivity index (χ2n) is 2.35. The fourth-order valence-corrected chi connectivity index (χ4v) is 1.09. The van der Waals surface area contributed by atoms with Crippen LogP contribution in [0.2, 0.25) is 0 Å². The van der Waals surface area contributed by atoms with Gasteiger partial charge in [0.25, 0.3) is 0 Å². The predicted molar refractivity (Wildman–Crippen MR) is 30.6 cm³/mol. The first-order valence-corrected chi connectivity index (χ1v) is 3.12. The molecule has 0 aromatic rings. The molecule has 3 atom stereocenters. The van der Waals surface area contributed by atoms with Crippen LogP contribution in [0.3, 0.4) is 0 Å². The summed E-state index contributed by atoms with van der Waals surface area (Å²) >= 11 is 0. The van der Waals surface area contributed by atoms with Crippen LogP contribution in [0.15, 0.2) is 0 Å². The Hall–Kier alpha value is -0.160. The molecule has 2 fully saturated rings. The van der Waals surface area contributed by atoms with Gasteiger partial charge in [-0.25, -0.2) is 0 Å². The first-order chi connectivity index (χ1) is 4.42. The molecule has 0 bridgehead atoms. The summed E-state index contributed by atoms with van der Waals surface area (Å²) in [5, 5.41) is 3.11. The van der Waals surface area contributed by atoms with E-state index in [4.69, 9.17) is 9.57 Å². The van der Waals surface area contributed by atoms with Gasteiger partial charge >= 0.3 is 0 Å². The van der Waals surface area contributed by atoms with Gasteiger partial charge in [-0.15, -0.1) is 0 Å². The molecule has 2 N–H and O–H groups in total. The second-order valence-corrected chi connectivity index (χ2v) is 2.35. The summed E-state index contributed by atoms with van der Waals surface area (Å²) in [6.45, 7) is 0.692. The Morgan fingerprint density at radius 3 is 3.22 bits per heavy atom. The van der Waals surface area contributed by atoms with Crippen LogP contribution in [0, 0.1) is 0 Å². The number of hydroxylamine groups is 1. The largest absolute Gasteiger partial charge is 0.349 e. The summed E-state index contributed by atoms with van der Waals surface area (Å²) in [5.41, 5.74) is 2.76. The molecule has 3 unspecified atom stereocenters. The maximum atomic E-state index is 5.18. The molecule has 2 aliphatic rings. The normalized spacial score (nSPS) is 48.3. The van der Waals surface area contributed by atoms with Crippen molar-refractivity contribution in [1.29, 1.82) is 0 Å². The van der Waals surface area contributed by atoms with Crippen molar-refractivity contribution in [2.75, 3.05) is 13.7 Å². The van der Waals surface area contributed by atoms with E-state index >= 15 is 0 Å². The molecule has 2 heterocycles. The van der Waals surface area contributed by atoms with Crippen molar-refractivity contribution in [3.63, 3.8) is 0 Å². The Balaban J connectivity index is 1.93. The summed E-state index contributed by atoms with van der Waals surface area (Å²) in [7, 11) is 1.91. The van der Waals surface area contributed by atoms with Crippen LogP contribution in [0.4, 0.5) is 0 Å². The van der Waals surface area contributed by atoms with Crippen molar-refractivity contribution >= 4 is 0 Å². The summed E-state index contributed by atoms with van der Waals surface area (Å²) in [4.78, 5) is 4.99. The zero-order valence-electron chi connectivity index (χ0n) is 5.26. The van der Waals surface area contributed by atoms with E-state index in [0.717, 1.165) is 0 Å². The van der Waals surface area contributed by atoms with Crippen molar-refractivity contribution in [3.05, 3.63) is 0 Å².